The summed E-state index contributed by atoms with van der Waals surface area (Å²) in [7, 11) is 0. The van der Waals surface area contributed by atoms with Gasteiger partial charge in [0, 0.05) is 43.8 Å². The van der Waals surface area contributed by atoms with E-state index >= 15 is 0 Å². The quantitative estimate of drug-likeness (QED) is 0.0797. The second-order valence-electron chi connectivity index (χ2n) is 16.1. The van der Waals surface area contributed by atoms with E-state index in [1.54, 1.807) is 24.3 Å². The average molecular weight is 827 g/mol. The molecule has 7 aromatic rings. The normalized spacial score (nSPS) is 11.8. The zero-order valence-electron chi connectivity index (χ0n) is 35.7. The van der Waals surface area contributed by atoms with Gasteiger partial charge in [-0.2, -0.15) is 0 Å². The predicted molar refractivity (Wildman–Crippen MR) is 244 cm³/mol. The number of benzene rings is 4. The third-order valence-corrected chi connectivity index (χ3v) is 11.5. The number of aromatic amines is 2. The number of unbranched alkanes of at least 4 members (excludes halogenated alkanes) is 4. The molecule has 314 valence electrons. The van der Waals surface area contributed by atoms with Gasteiger partial charge < -0.3 is 19.4 Å². The van der Waals surface area contributed by atoms with Gasteiger partial charge in [-0.15, -0.1) is 0 Å². The van der Waals surface area contributed by atoms with Crippen molar-refractivity contribution in [1.82, 2.24) is 39.9 Å². The molecular weight excluding hydrogens is 777 g/mol. The Bertz CT molecular complexity index is 3040. The van der Waals surface area contributed by atoms with Gasteiger partial charge in [0.15, 0.2) is 23.3 Å². The number of rotatable bonds is 14. The number of aromatic nitrogens is 8. The Balaban J connectivity index is 1.35. The van der Waals surface area contributed by atoms with E-state index in [9.17, 15) is 9.59 Å². The molecule has 12 heteroatoms. The lowest BCUT2D eigenvalue weighted by Crippen LogP contribution is -2.06. The standard InChI is InChI=1S/C50H50N8O4/c1-5-9-13-29-15-19-33-37(25-29)45-52-41(33)51-43-35-21-17-31(49(59)61-23-11-7-3)27-39(35)47(56-43)58-48-40-28-32(50(60)62-24-12-8-4)18-22-36(40)44(57-48)55-46-38-26-30(14-10-6-2)16-20-34(38)42(53-45)54-46/h15-22,25-28H,5-14,23-24H2,1-4H3,(H2,51,52,53,54,55,56,57,58). The molecule has 62 heavy (non-hydrogen) atoms. The molecule has 8 bridgehead atoms. The second kappa shape index (κ2) is 17.6. The van der Waals surface area contributed by atoms with Crippen LogP contribution in [0.2, 0.25) is 0 Å². The molecule has 0 unspecified atom stereocenters. The minimum absolute atomic E-state index is 0.330. The lowest BCUT2D eigenvalue weighted by molar-refractivity contribution is 0.0490. The number of H-pyrrole nitrogens is 2. The fourth-order valence-electron chi connectivity index (χ4n) is 8.00. The van der Waals surface area contributed by atoms with Crippen molar-refractivity contribution in [2.24, 2.45) is 0 Å². The van der Waals surface area contributed by atoms with E-state index in [-0.39, 0.29) is 0 Å². The Kier molecular flexibility index (Phi) is 11.6. The van der Waals surface area contributed by atoms with Crippen LogP contribution in [0.3, 0.4) is 0 Å². The van der Waals surface area contributed by atoms with Crippen LogP contribution in [0.4, 0.5) is 0 Å². The number of esters is 2. The molecule has 5 heterocycles. The fourth-order valence-corrected chi connectivity index (χ4v) is 8.00. The molecule has 2 N–H and O–H groups in total. The van der Waals surface area contributed by atoms with Crippen molar-refractivity contribution >= 4 is 56.1 Å². The van der Waals surface area contributed by atoms with E-state index in [2.05, 4.69) is 74.1 Å². The van der Waals surface area contributed by atoms with Gasteiger partial charge in [0.25, 0.3) is 0 Å². The van der Waals surface area contributed by atoms with Crippen molar-refractivity contribution in [2.45, 2.75) is 91.9 Å². The van der Waals surface area contributed by atoms with E-state index < -0.39 is 11.9 Å². The number of aryl methyl sites for hydroxylation is 2. The molecule has 0 saturated carbocycles. The maximum absolute atomic E-state index is 13.3. The van der Waals surface area contributed by atoms with E-state index in [0.29, 0.717) is 86.7 Å². The molecule has 0 fully saturated rings. The number of carbonyl (C=O) groups excluding carboxylic acids is 2. The zero-order chi connectivity index (χ0) is 42.7. The molecule has 3 aromatic heterocycles. The largest absolute Gasteiger partial charge is 0.462 e. The summed E-state index contributed by atoms with van der Waals surface area (Å²) in [6.07, 6.45) is 9.54. The maximum Gasteiger partial charge on any atom is 0.338 e. The molecule has 2 aliphatic heterocycles. The molecule has 0 radical (unpaired) electrons. The molecule has 12 nitrogen and oxygen atoms in total. The molecule has 0 atom stereocenters. The highest BCUT2D eigenvalue weighted by atomic mass is 16.5. The van der Waals surface area contributed by atoms with Gasteiger partial charge in [0.05, 0.1) is 24.3 Å². The highest BCUT2D eigenvalue weighted by Gasteiger charge is 2.25. The van der Waals surface area contributed by atoms with Crippen molar-refractivity contribution in [3.8, 4) is 45.6 Å². The monoisotopic (exact) mass is 826 g/mol. The number of ether oxygens (including phenoxy) is 2. The minimum Gasteiger partial charge on any atom is -0.462 e. The van der Waals surface area contributed by atoms with Crippen LogP contribution in [0.15, 0.2) is 72.8 Å². The van der Waals surface area contributed by atoms with Gasteiger partial charge in [-0.1, -0.05) is 77.6 Å². The van der Waals surface area contributed by atoms with E-state index in [1.807, 2.05) is 12.1 Å². The highest BCUT2D eigenvalue weighted by molar-refractivity contribution is 6.08. The summed E-state index contributed by atoms with van der Waals surface area (Å²) in [4.78, 5) is 64.6. The van der Waals surface area contributed by atoms with Crippen molar-refractivity contribution in [3.05, 3.63) is 95.1 Å². The summed E-state index contributed by atoms with van der Waals surface area (Å²) in [5, 5.41) is 3.19. The number of fused-ring (bicyclic) bond motifs is 20. The molecule has 0 amide bonds. The van der Waals surface area contributed by atoms with Gasteiger partial charge in [-0.05, 0) is 98.2 Å². The molecule has 9 rings (SSSR count). The molecule has 0 saturated heterocycles. The van der Waals surface area contributed by atoms with Gasteiger partial charge in [-0.25, -0.2) is 39.5 Å². The van der Waals surface area contributed by atoms with Gasteiger partial charge >= 0.3 is 11.9 Å². The SMILES string of the molecule is CCCCOC(=O)c1ccc2c(c1)-c1nc-2nc2[nH]c(nc3nc(nc4[nH]c(n1)c1cc(C(=O)OCCCC)ccc41)-c1ccc(CCCC)cc1-3)c1ccc(CCCC)cc21. The molecule has 0 spiro atoms. The predicted octanol–water partition coefficient (Wildman–Crippen LogP) is 11.5. The highest BCUT2D eigenvalue weighted by Crippen LogP contribution is 2.38. The van der Waals surface area contributed by atoms with Crippen molar-refractivity contribution < 1.29 is 19.1 Å². The van der Waals surface area contributed by atoms with Crippen molar-refractivity contribution in [2.75, 3.05) is 13.2 Å². The van der Waals surface area contributed by atoms with Crippen LogP contribution < -0.4 is 0 Å². The van der Waals surface area contributed by atoms with Crippen LogP contribution in [0.1, 0.15) is 111 Å². The van der Waals surface area contributed by atoms with Crippen LogP contribution in [0.25, 0.3) is 89.7 Å². The van der Waals surface area contributed by atoms with Crippen LogP contribution in [0, 0.1) is 0 Å². The van der Waals surface area contributed by atoms with Crippen LogP contribution >= 0.6 is 0 Å². The summed E-state index contributed by atoms with van der Waals surface area (Å²) in [5.74, 6) is 0.962. The smallest absolute Gasteiger partial charge is 0.338 e. The lowest BCUT2D eigenvalue weighted by Gasteiger charge is -2.06. The number of hydrogen-bond donors (Lipinski definition) is 2. The second-order valence-corrected chi connectivity index (χ2v) is 16.1. The van der Waals surface area contributed by atoms with Crippen molar-refractivity contribution in [3.63, 3.8) is 0 Å². The number of carbonyl (C=O) groups is 2. The third-order valence-electron chi connectivity index (χ3n) is 11.5. The van der Waals surface area contributed by atoms with Crippen LogP contribution in [-0.4, -0.2) is 65.0 Å². The Morgan fingerprint density at radius 3 is 1.42 bits per heavy atom. The summed E-state index contributed by atoms with van der Waals surface area (Å²) in [6.45, 7) is 9.15. The van der Waals surface area contributed by atoms with Crippen molar-refractivity contribution in [1.29, 1.82) is 0 Å². The molecule has 2 aliphatic rings. The Morgan fingerprint density at radius 2 is 0.855 bits per heavy atom. The topological polar surface area (TPSA) is 162 Å². The van der Waals surface area contributed by atoms with Gasteiger partial charge in [0.1, 0.15) is 22.6 Å². The molecular formula is C50H50N8O4. The van der Waals surface area contributed by atoms with E-state index in [4.69, 9.17) is 39.4 Å². The Morgan fingerprint density at radius 1 is 0.435 bits per heavy atom. The van der Waals surface area contributed by atoms with Gasteiger partial charge in [-0.3, -0.25) is 0 Å². The number of nitrogens with zero attached hydrogens (tertiary/aromatic N) is 6. The summed E-state index contributed by atoms with van der Waals surface area (Å²) in [5.41, 5.74) is 8.42. The Labute approximate surface area is 359 Å². The van der Waals surface area contributed by atoms with Gasteiger partial charge in [0.2, 0.25) is 0 Å². The van der Waals surface area contributed by atoms with Crippen LogP contribution in [-0.2, 0) is 22.3 Å². The first-order chi connectivity index (χ1) is 30.3. The zero-order valence-corrected chi connectivity index (χ0v) is 35.7. The first kappa shape index (κ1) is 40.6. The number of nitrogens with one attached hydrogen (secondary N) is 2. The molecule has 0 aliphatic carbocycles. The molecule has 4 aromatic carbocycles. The van der Waals surface area contributed by atoms with E-state index in [0.717, 1.165) is 91.5 Å². The fraction of sp³-hybridized carbons (Fsp3) is 0.320. The summed E-state index contributed by atoms with van der Waals surface area (Å²) < 4.78 is 11.2. The lowest BCUT2D eigenvalue weighted by atomic mass is 10.0. The first-order valence-corrected chi connectivity index (χ1v) is 22.1. The minimum atomic E-state index is -0.422. The van der Waals surface area contributed by atoms with E-state index in [1.165, 1.54) is 11.1 Å². The number of hydrogen-bond acceptors (Lipinski definition) is 10. The van der Waals surface area contributed by atoms with Crippen LogP contribution in [0.5, 0.6) is 0 Å². The first-order valence-electron chi connectivity index (χ1n) is 22.1. The summed E-state index contributed by atoms with van der Waals surface area (Å²) >= 11 is 0. The Hall–Kier alpha value is -6.82. The average Bonchev–Trinajstić information content (AvgIpc) is 4.02. The summed E-state index contributed by atoms with van der Waals surface area (Å²) in [6, 6.07) is 23.6. The maximum atomic E-state index is 13.3. The third kappa shape index (κ3) is 7.92.